The lowest BCUT2D eigenvalue weighted by Gasteiger charge is -2.31. The molecular weight excluding hydrogens is 233 g/mol. The molecule has 0 saturated carbocycles. The van der Waals surface area contributed by atoms with Crippen LogP contribution in [-0.4, -0.2) is 27.5 Å². The van der Waals surface area contributed by atoms with Crippen molar-refractivity contribution in [3.63, 3.8) is 0 Å². The summed E-state index contributed by atoms with van der Waals surface area (Å²) < 4.78 is 0. The average molecular weight is 248 g/mol. The molecule has 15 heavy (non-hydrogen) atoms. The molecule has 1 rings (SSSR count). The van der Waals surface area contributed by atoms with Gasteiger partial charge in [0, 0.05) is 23.8 Å². The van der Waals surface area contributed by atoms with Crippen LogP contribution in [0.15, 0.2) is 6.20 Å². The summed E-state index contributed by atoms with van der Waals surface area (Å²) in [5.74, 6) is 0. The molecular formula is C10H15Cl2N3. The number of hydrogen-bond donors (Lipinski definition) is 0. The minimum Gasteiger partial charge on any atom is -0.297 e. The molecule has 0 fully saturated rings. The molecule has 0 saturated heterocycles. The molecule has 5 heteroatoms. The van der Waals surface area contributed by atoms with Gasteiger partial charge in [-0.1, -0.05) is 11.6 Å². The van der Waals surface area contributed by atoms with Crippen molar-refractivity contribution in [2.45, 2.75) is 32.9 Å². The Labute approximate surface area is 100 Å². The van der Waals surface area contributed by atoms with Crippen LogP contribution in [0.3, 0.4) is 0 Å². The maximum atomic E-state index is 5.96. The second-order valence-electron chi connectivity index (χ2n) is 4.48. The summed E-state index contributed by atoms with van der Waals surface area (Å²) in [6.45, 7) is 7.12. The Hall–Kier alpha value is -0.380. The molecule has 0 aliphatic heterocycles. The summed E-state index contributed by atoms with van der Waals surface area (Å²) in [5.41, 5.74) is 0.974. The van der Waals surface area contributed by atoms with Gasteiger partial charge in [0.05, 0.1) is 0 Å². The van der Waals surface area contributed by atoms with Crippen molar-refractivity contribution in [1.29, 1.82) is 0 Å². The van der Waals surface area contributed by atoms with Crippen molar-refractivity contribution in [1.82, 2.24) is 14.9 Å². The van der Waals surface area contributed by atoms with E-state index in [0.717, 1.165) is 5.56 Å². The molecule has 84 valence electrons. The zero-order valence-corrected chi connectivity index (χ0v) is 10.9. The van der Waals surface area contributed by atoms with E-state index in [1.165, 1.54) is 0 Å². The first-order chi connectivity index (χ1) is 6.80. The first kappa shape index (κ1) is 12.7. The molecule has 0 aromatic carbocycles. The number of halogens is 2. The molecule has 0 radical (unpaired) electrons. The Morgan fingerprint density at radius 3 is 2.40 bits per heavy atom. The standard InChI is InChI=1S/C10H15Cl2N3/c1-10(2,3)15(4)6-7-5-13-9(12)14-8(7)11/h5H,6H2,1-4H3. The fourth-order valence-electron chi connectivity index (χ4n) is 0.965. The molecule has 0 N–H and O–H groups in total. The van der Waals surface area contributed by atoms with Gasteiger partial charge in [-0.3, -0.25) is 4.90 Å². The highest BCUT2D eigenvalue weighted by Gasteiger charge is 2.18. The summed E-state index contributed by atoms with van der Waals surface area (Å²) in [6.07, 6.45) is 1.67. The van der Waals surface area contributed by atoms with Gasteiger partial charge in [0.15, 0.2) is 0 Å². The van der Waals surface area contributed by atoms with Crippen molar-refractivity contribution in [3.05, 3.63) is 22.2 Å². The molecule has 1 heterocycles. The number of rotatable bonds is 2. The fourth-order valence-corrected chi connectivity index (χ4v) is 1.33. The topological polar surface area (TPSA) is 29.0 Å². The van der Waals surface area contributed by atoms with Crippen LogP contribution >= 0.6 is 23.2 Å². The Balaban J connectivity index is 2.82. The summed E-state index contributed by atoms with van der Waals surface area (Å²) >= 11 is 11.6. The quantitative estimate of drug-likeness (QED) is 0.595. The van der Waals surface area contributed by atoms with Crippen molar-refractivity contribution in [2.75, 3.05) is 7.05 Å². The predicted molar refractivity (Wildman–Crippen MR) is 63.3 cm³/mol. The predicted octanol–water partition coefficient (Wildman–Crippen LogP) is 3.01. The third kappa shape index (κ3) is 3.59. The molecule has 1 aromatic rings. The molecule has 0 aliphatic rings. The molecule has 0 spiro atoms. The van der Waals surface area contributed by atoms with E-state index in [2.05, 4.69) is 35.6 Å². The van der Waals surface area contributed by atoms with Crippen molar-refractivity contribution >= 4 is 23.2 Å². The van der Waals surface area contributed by atoms with Gasteiger partial charge in [-0.15, -0.1) is 0 Å². The Morgan fingerprint density at radius 2 is 1.93 bits per heavy atom. The van der Waals surface area contributed by atoms with E-state index in [4.69, 9.17) is 23.2 Å². The van der Waals surface area contributed by atoms with Crippen LogP contribution in [0.1, 0.15) is 26.3 Å². The van der Waals surface area contributed by atoms with E-state index >= 15 is 0 Å². The zero-order valence-electron chi connectivity index (χ0n) is 9.38. The van der Waals surface area contributed by atoms with E-state index in [-0.39, 0.29) is 10.8 Å². The highest BCUT2D eigenvalue weighted by Crippen LogP contribution is 2.19. The van der Waals surface area contributed by atoms with Crippen molar-refractivity contribution in [2.24, 2.45) is 0 Å². The second kappa shape index (κ2) is 4.64. The lowest BCUT2D eigenvalue weighted by atomic mass is 10.1. The molecule has 0 bridgehead atoms. The second-order valence-corrected chi connectivity index (χ2v) is 5.18. The van der Waals surface area contributed by atoms with Gasteiger partial charge in [-0.05, 0) is 39.4 Å². The van der Waals surface area contributed by atoms with Gasteiger partial charge < -0.3 is 0 Å². The third-order valence-corrected chi connectivity index (χ3v) is 2.84. The van der Waals surface area contributed by atoms with Crippen LogP contribution in [0, 0.1) is 0 Å². The SMILES string of the molecule is CN(Cc1cnc(Cl)nc1Cl)C(C)(C)C. The monoisotopic (exact) mass is 247 g/mol. The Bertz CT molecular complexity index is 347. The maximum absolute atomic E-state index is 5.96. The Morgan fingerprint density at radius 1 is 1.33 bits per heavy atom. The van der Waals surface area contributed by atoms with Gasteiger partial charge in [-0.25, -0.2) is 9.97 Å². The van der Waals surface area contributed by atoms with Crippen LogP contribution in [0.5, 0.6) is 0 Å². The Kier molecular flexibility index (Phi) is 3.93. The first-order valence-electron chi connectivity index (χ1n) is 4.69. The van der Waals surface area contributed by atoms with Gasteiger partial charge >= 0.3 is 0 Å². The molecule has 1 aromatic heterocycles. The van der Waals surface area contributed by atoms with E-state index in [0.29, 0.717) is 11.7 Å². The van der Waals surface area contributed by atoms with Gasteiger partial charge in [0.25, 0.3) is 0 Å². The molecule has 3 nitrogen and oxygen atoms in total. The highest BCUT2D eigenvalue weighted by atomic mass is 35.5. The highest BCUT2D eigenvalue weighted by molar-refractivity contribution is 6.32. The minimum absolute atomic E-state index is 0.0863. The average Bonchev–Trinajstić information content (AvgIpc) is 2.08. The van der Waals surface area contributed by atoms with E-state index < -0.39 is 0 Å². The number of nitrogens with zero attached hydrogens (tertiary/aromatic N) is 3. The molecule has 0 amide bonds. The number of aromatic nitrogens is 2. The fraction of sp³-hybridized carbons (Fsp3) is 0.600. The number of hydrogen-bond acceptors (Lipinski definition) is 3. The van der Waals surface area contributed by atoms with E-state index in [1.807, 2.05) is 7.05 Å². The summed E-state index contributed by atoms with van der Waals surface area (Å²) in [4.78, 5) is 9.99. The summed E-state index contributed by atoms with van der Waals surface area (Å²) in [5, 5.41) is 0.605. The van der Waals surface area contributed by atoms with E-state index in [1.54, 1.807) is 6.20 Å². The van der Waals surface area contributed by atoms with Gasteiger partial charge in [0.2, 0.25) is 5.28 Å². The smallest absolute Gasteiger partial charge is 0.223 e. The van der Waals surface area contributed by atoms with Crippen LogP contribution in [-0.2, 0) is 6.54 Å². The third-order valence-electron chi connectivity index (χ3n) is 2.33. The van der Waals surface area contributed by atoms with Gasteiger partial charge in [-0.2, -0.15) is 0 Å². The minimum atomic E-state index is 0.0863. The normalized spacial score (nSPS) is 12.2. The van der Waals surface area contributed by atoms with Crippen molar-refractivity contribution in [3.8, 4) is 0 Å². The molecule has 0 aliphatic carbocycles. The van der Waals surface area contributed by atoms with E-state index in [9.17, 15) is 0 Å². The van der Waals surface area contributed by atoms with Gasteiger partial charge in [0.1, 0.15) is 5.15 Å². The molecule has 0 atom stereocenters. The zero-order chi connectivity index (χ0) is 11.6. The largest absolute Gasteiger partial charge is 0.297 e. The maximum Gasteiger partial charge on any atom is 0.223 e. The van der Waals surface area contributed by atoms with Crippen LogP contribution in [0.25, 0.3) is 0 Å². The van der Waals surface area contributed by atoms with Crippen molar-refractivity contribution < 1.29 is 0 Å². The molecule has 0 unspecified atom stereocenters. The summed E-state index contributed by atoms with van der Waals surface area (Å²) in [7, 11) is 2.03. The van der Waals surface area contributed by atoms with Crippen LogP contribution in [0.2, 0.25) is 10.4 Å². The van der Waals surface area contributed by atoms with Crippen LogP contribution < -0.4 is 0 Å². The summed E-state index contributed by atoms with van der Waals surface area (Å²) in [6, 6.07) is 0. The first-order valence-corrected chi connectivity index (χ1v) is 5.44. The lowest BCUT2D eigenvalue weighted by Crippen LogP contribution is -2.37. The lowest BCUT2D eigenvalue weighted by molar-refractivity contribution is 0.167. The van der Waals surface area contributed by atoms with Crippen LogP contribution in [0.4, 0.5) is 0 Å².